The minimum atomic E-state index is -0.338. The topological polar surface area (TPSA) is 122 Å². The molecule has 1 amide bonds. The summed E-state index contributed by atoms with van der Waals surface area (Å²) in [5.74, 6) is 0.0438. The molecule has 4 rings (SSSR count). The Morgan fingerprint density at radius 1 is 1.08 bits per heavy atom. The quantitative estimate of drug-likeness (QED) is 0.586. The molecule has 0 radical (unpaired) electrons. The summed E-state index contributed by atoms with van der Waals surface area (Å²) in [6, 6.07) is 10.4. The smallest absolute Gasteiger partial charge is 0.274 e. The average Bonchev–Trinajstić information content (AvgIpc) is 3.36. The summed E-state index contributed by atoms with van der Waals surface area (Å²) >= 11 is 0. The average molecular weight is 333 g/mol. The van der Waals surface area contributed by atoms with Crippen LogP contribution >= 0.6 is 0 Å². The van der Waals surface area contributed by atoms with Crippen molar-refractivity contribution >= 4 is 11.6 Å². The molecule has 0 aliphatic carbocycles. The van der Waals surface area contributed by atoms with Crippen LogP contribution in [0, 0.1) is 0 Å². The number of hydrogen-bond acceptors (Lipinski definition) is 7. The summed E-state index contributed by atoms with van der Waals surface area (Å²) in [6.45, 7) is 0. The maximum Gasteiger partial charge on any atom is 0.274 e. The van der Waals surface area contributed by atoms with Gasteiger partial charge in [-0.3, -0.25) is 14.9 Å². The Balaban J connectivity index is 1.51. The molecule has 4 aromatic rings. The van der Waals surface area contributed by atoms with Crippen molar-refractivity contribution in [3.63, 3.8) is 0 Å². The Labute approximate surface area is 141 Å². The van der Waals surface area contributed by atoms with Gasteiger partial charge in [0.15, 0.2) is 0 Å². The predicted octanol–water partition coefficient (Wildman–Crippen LogP) is 2.17. The van der Waals surface area contributed by atoms with E-state index in [4.69, 9.17) is 0 Å². The van der Waals surface area contributed by atoms with Crippen molar-refractivity contribution < 1.29 is 9.32 Å². The zero-order chi connectivity index (χ0) is 17.1. The van der Waals surface area contributed by atoms with Gasteiger partial charge in [-0.2, -0.15) is 10.1 Å². The Morgan fingerprint density at radius 3 is 2.76 bits per heavy atom. The first-order valence-corrected chi connectivity index (χ1v) is 7.30. The highest BCUT2D eigenvalue weighted by molar-refractivity contribution is 6.03. The number of aromatic amines is 1. The van der Waals surface area contributed by atoms with Crippen LogP contribution in [0.15, 0.2) is 59.7 Å². The SMILES string of the molecule is O=C(Nc1ccc(-c2ncon2)nc1)c1cccc(-c2ccn[nH]2)n1. The fourth-order valence-electron chi connectivity index (χ4n) is 2.19. The first kappa shape index (κ1) is 14.7. The van der Waals surface area contributed by atoms with Gasteiger partial charge in [-0.25, -0.2) is 4.98 Å². The first-order chi connectivity index (χ1) is 12.3. The number of anilines is 1. The van der Waals surface area contributed by atoms with Gasteiger partial charge < -0.3 is 9.84 Å². The molecule has 0 aliphatic heterocycles. The fourth-order valence-corrected chi connectivity index (χ4v) is 2.19. The van der Waals surface area contributed by atoms with Crippen molar-refractivity contribution in [2.75, 3.05) is 5.32 Å². The van der Waals surface area contributed by atoms with E-state index in [0.29, 0.717) is 22.9 Å². The summed E-state index contributed by atoms with van der Waals surface area (Å²) in [5, 5.41) is 13.1. The normalized spacial score (nSPS) is 10.6. The maximum absolute atomic E-state index is 12.4. The zero-order valence-electron chi connectivity index (χ0n) is 12.7. The molecule has 0 saturated carbocycles. The molecule has 2 N–H and O–H groups in total. The second-order valence-corrected chi connectivity index (χ2v) is 5.02. The van der Waals surface area contributed by atoms with Gasteiger partial charge in [-0.05, 0) is 30.3 Å². The minimum Gasteiger partial charge on any atom is -0.342 e. The summed E-state index contributed by atoms with van der Waals surface area (Å²) in [6.07, 6.45) is 4.37. The summed E-state index contributed by atoms with van der Waals surface area (Å²) in [4.78, 5) is 24.8. The molecule has 9 heteroatoms. The van der Waals surface area contributed by atoms with Crippen LogP contribution in [-0.4, -0.2) is 36.2 Å². The van der Waals surface area contributed by atoms with Crippen molar-refractivity contribution in [2.24, 2.45) is 0 Å². The van der Waals surface area contributed by atoms with Crippen LogP contribution in [0.2, 0.25) is 0 Å². The van der Waals surface area contributed by atoms with Crippen molar-refractivity contribution in [3.05, 3.63) is 60.9 Å². The van der Waals surface area contributed by atoms with E-state index in [1.807, 2.05) is 0 Å². The number of carbonyl (C=O) groups excluding carboxylic acids is 1. The van der Waals surface area contributed by atoms with E-state index in [-0.39, 0.29) is 11.6 Å². The van der Waals surface area contributed by atoms with Crippen LogP contribution < -0.4 is 5.32 Å². The molecule has 0 unspecified atom stereocenters. The highest BCUT2D eigenvalue weighted by Crippen LogP contribution is 2.16. The van der Waals surface area contributed by atoms with Gasteiger partial charge in [0.25, 0.3) is 5.91 Å². The third-order valence-corrected chi connectivity index (χ3v) is 3.37. The molecule has 9 nitrogen and oxygen atoms in total. The van der Waals surface area contributed by atoms with E-state index >= 15 is 0 Å². The monoisotopic (exact) mass is 333 g/mol. The Kier molecular flexibility index (Phi) is 3.71. The highest BCUT2D eigenvalue weighted by Gasteiger charge is 2.11. The molecule has 4 aromatic heterocycles. The number of nitrogens with one attached hydrogen (secondary N) is 2. The highest BCUT2D eigenvalue weighted by atomic mass is 16.5. The summed E-state index contributed by atoms with van der Waals surface area (Å²) in [5.41, 5.74) is 2.74. The largest absolute Gasteiger partial charge is 0.342 e. The molecule has 0 fully saturated rings. The second kappa shape index (κ2) is 6.32. The second-order valence-electron chi connectivity index (χ2n) is 5.02. The molecule has 4 heterocycles. The van der Waals surface area contributed by atoms with E-state index in [1.54, 1.807) is 42.6 Å². The van der Waals surface area contributed by atoms with Crippen LogP contribution in [0.25, 0.3) is 22.9 Å². The van der Waals surface area contributed by atoms with Gasteiger partial charge in [0.1, 0.15) is 11.4 Å². The maximum atomic E-state index is 12.4. The number of aromatic nitrogens is 6. The van der Waals surface area contributed by atoms with E-state index in [2.05, 4.69) is 40.1 Å². The molecule has 0 bridgehead atoms. The van der Waals surface area contributed by atoms with Gasteiger partial charge >= 0.3 is 0 Å². The van der Waals surface area contributed by atoms with Crippen LogP contribution in [-0.2, 0) is 0 Å². The molecule has 122 valence electrons. The molecule has 0 aromatic carbocycles. The lowest BCUT2D eigenvalue weighted by Crippen LogP contribution is -2.14. The Morgan fingerprint density at radius 2 is 2.04 bits per heavy atom. The molecule has 0 atom stereocenters. The number of amides is 1. The number of nitrogens with zero attached hydrogens (tertiary/aromatic N) is 5. The third kappa shape index (κ3) is 3.11. The molecular formula is C16H11N7O2. The van der Waals surface area contributed by atoms with Crippen molar-refractivity contribution in [3.8, 4) is 22.9 Å². The molecule has 0 aliphatic rings. The van der Waals surface area contributed by atoms with E-state index in [0.717, 1.165) is 5.69 Å². The standard InChI is InChI=1S/C16H11N7O2/c24-16(14-3-1-2-11(21-14)12-6-7-19-22-12)20-10-4-5-13(17-8-10)15-18-9-25-23-15/h1-9H,(H,19,22)(H,20,24). The van der Waals surface area contributed by atoms with Crippen LogP contribution in [0.1, 0.15) is 10.5 Å². The number of H-pyrrole nitrogens is 1. The zero-order valence-corrected chi connectivity index (χ0v) is 12.7. The predicted molar refractivity (Wildman–Crippen MR) is 87.3 cm³/mol. The van der Waals surface area contributed by atoms with Crippen molar-refractivity contribution in [2.45, 2.75) is 0 Å². The number of rotatable bonds is 4. The van der Waals surface area contributed by atoms with Gasteiger partial charge in [-0.1, -0.05) is 11.2 Å². The molecule has 0 saturated heterocycles. The lowest BCUT2D eigenvalue weighted by molar-refractivity contribution is 0.102. The Bertz CT molecular complexity index is 980. The number of carbonyl (C=O) groups is 1. The van der Waals surface area contributed by atoms with Gasteiger partial charge in [0.05, 0.1) is 23.3 Å². The minimum absolute atomic E-state index is 0.286. The van der Waals surface area contributed by atoms with Gasteiger partial charge in [0.2, 0.25) is 12.2 Å². The van der Waals surface area contributed by atoms with E-state index in [1.165, 1.54) is 12.6 Å². The summed E-state index contributed by atoms with van der Waals surface area (Å²) in [7, 11) is 0. The third-order valence-electron chi connectivity index (χ3n) is 3.37. The lowest BCUT2D eigenvalue weighted by atomic mass is 10.2. The molecule has 0 spiro atoms. The molecule has 25 heavy (non-hydrogen) atoms. The van der Waals surface area contributed by atoms with E-state index in [9.17, 15) is 4.79 Å². The Hall–Kier alpha value is -3.88. The first-order valence-electron chi connectivity index (χ1n) is 7.30. The number of pyridine rings is 2. The number of hydrogen-bond donors (Lipinski definition) is 2. The van der Waals surface area contributed by atoms with Crippen molar-refractivity contribution in [1.82, 2.24) is 30.3 Å². The van der Waals surface area contributed by atoms with Crippen molar-refractivity contribution in [1.29, 1.82) is 0 Å². The van der Waals surface area contributed by atoms with Gasteiger partial charge in [0, 0.05) is 6.20 Å². The molecular weight excluding hydrogens is 322 g/mol. The van der Waals surface area contributed by atoms with E-state index < -0.39 is 0 Å². The summed E-state index contributed by atoms with van der Waals surface area (Å²) < 4.78 is 4.68. The lowest BCUT2D eigenvalue weighted by Gasteiger charge is -2.06. The van der Waals surface area contributed by atoms with Crippen LogP contribution in [0.5, 0.6) is 0 Å². The van der Waals surface area contributed by atoms with Gasteiger partial charge in [-0.15, -0.1) is 0 Å². The fraction of sp³-hybridized carbons (Fsp3) is 0. The van der Waals surface area contributed by atoms with Crippen LogP contribution in [0.4, 0.5) is 5.69 Å². The van der Waals surface area contributed by atoms with Crippen LogP contribution in [0.3, 0.4) is 0 Å².